The number of piperazine rings is 1. The maximum atomic E-state index is 12.2. The van der Waals surface area contributed by atoms with Gasteiger partial charge in [-0.25, -0.2) is 4.79 Å². The van der Waals surface area contributed by atoms with Crippen molar-refractivity contribution in [1.82, 2.24) is 15.5 Å². The smallest absolute Gasteiger partial charge is 0.318 e. The molecule has 8 heteroatoms. The molecule has 0 radical (unpaired) electrons. The molecule has 112 valence electrons. The summed E-state index contributed by atoms with van der Waals surface area (Å²) in [7, 11) is 0. The molecule has 3 amide bonds. The minimum Gasteiger partial charge on any atom is -0.481 e. The lowest BCUT2D eigenvalue weighted by Gasteiger charge is -2.34. The van der Waals surface area contributed by atoms with Crippen molar-refractivity contribution in [3.05, 3.63) is 0 Å². The van der Waals surface area contributed by atoms with Crippen LogP contribution in [-0.2, 0) is 9.59 Å². The zero-order valence-corrected chi connectivity index (χ0v) is 12.2. The molecule has 1 unspecified atom stereocenters. The van der Waals surface area contributed by atoms with Gasteiger partial charge in [0.1, 0.15) is 6.04 Å². The zero-order valence-electron chi connectivity index (χ0n) is 11.3. The fourth-order valence-electron chi connectivity index (χ4n) is 2.26. The third kappa shape index (κ3) is 3.36. The van der Waals surface area contributed by atoms with Gasteiger partial charge >= 0.3 is 12.0 Å². The highest BCUT2D eigenvalue weighted by atomic mass is 32.2. The van der Waals surface area contributed by atoms with Crippen LogP contribution in [-0.4, -0.2) is 64.6 Å². The topological polar surface area (TPSA) is 98.7 Å². The van der Waals surface area contributed by atoms with Crippen LogP contribution < -0.4 is 10.6 Å². The van der Waals surface area contributed by atoms with Crippen molar-refractivity contribution in [2.24, 2.45) is 0 Å². The standard InChI is InChI=1S/C12H19N3O4S/c1-20-12(2-3-12)7-14-11(19)15-5-4-13-10(18)8(15)6-9(16)17/h8H,2-7H2,1H3,(H,13,18)(H,14,19)(H,16,17). The Bertz CT molecular complexity index is 425. The summed E-state index contributed by atoms with van der Waals surface area (Å²) in [4.78, 5) is 36.0. The first-order chi connectivity index (χ1) is 9.47. The molecule has 1 aliphatic carbocycles. The van der Waals surface area contributed by atoms with Gasteiger partial charge in [0.05, 0.1) is 6.42 Å². The van der Waals surface area contributed by atoms with Crippen LogP contribution in [0.3, 0.4) is 0 Å². The Labute approximate surface area is 121 Å². The van der Waals surface area contributed by atoms with Crippen LogP contribution in [0.25, 0.3) is 0 Å². The average Bonchev–Trinajstić information content (AvgIpc) is 3.18. The molecule has 3 N–H and O–H groups in total. The molecule has 2 aliphatic rings. The number of carbonyl (C=O) groups is 3. The van der Waals surface area contributed by atoms with Gasteiger partial charge in [0.15, 0.2) is 0 Å². The first-order valence-corrected chi connectivity index (χ1v) is 7.79. The molecule has 0 aromatic carbocycles. The van der Waals surface area contributed by atoms with Gasteiger partial charge in [-0.2, -0.15) is 11.8 Å². The highest BCUT2D eigenvalue weighted by Crippen LogP contribution is 2.46. The zero-order chi connectivity index (χ0) is 14.8. The number of aliphatic carboxylic acids is 1. The lowest BCUT2D eigenvalue weighted by Crippen LogP contribution is -2.60. The summed E-state index contributed by atoms with van der Waals surface area (Å²) in [6.45, 7) is 1.25. The number of amides is 3. The van der Waals surface area contributed by atoms with Gasteiger partial charge in [-0.1, -0.05) is 0 Å². The maximum Gasteiger partial charge on any atom is 0.318 e. The minimum absolute atomic E-state index is 0.135. The lowest BCUT2D eigenvalue weighted by atomic mass is 10.1. The molecule has 2 rings (SSSR count). The monoisotopic (exact) mass is 301 g/mol. The predicted octanol–water partition coefficient (Wildman–Crippen LogP) is -0.133. The fourth-order valence-corrected chi connectivity index (χ4v) is 2.98. The summed E-state index contributed by atoms with van der Waals surface area (Å²) < 4.78 is 0.135. The fraction of sp³-hybridized carbons (Fsp3) is 0.750. The van der Waals surface area contributed by atoms with E-state index >= 15 is 0 Å². The quantitative estimate of drug-likeness (QED) is 0.657. The summed E-state index contributed by atoms with van der Waals surface area (Å²) in [6.07, 6.45) is 3.80. The van der Waals surface area contributed by atoms with Gasteiger partial charge < -0.3 is 20.6 Å². The number of carbonyl (C=O) groups excluding carboxylic acids is 2. The van der Waals surface area contributed by atoms with E-state index in [2.05, 4.69) is 10.6 Å². The number of urea groups is 1. The Morgan fingerprint density at radius 1 is 1.55 bits per heavy atom. The second-order valence-corrected chi connectivity index (χ2v) is 6.42. The molecule has 1 aliphatic heterocycles. The normalized spacial score (nSPS) is 23.9. The van der Waals surface area contributed by atoms with Crippen molar-refractivity contribution in [2.45, 2.75) is 30.1 Å². The molecule has 1 saturated heterocycles. The van der Waals surface area contributed by atoms with E-state index < -0.39 is 17.9 Å². The van der Waals surface area contributed by atoms with Crippen LogP contribution in [0.2, 0.25) is 0 Å². The summed E-state index contributed by atoms with van der Waals surface area (Å²) >= 11 is 1.73. The van der Waals surface area contributed by atoms with Gasteiger partial charge in [-0.05, 0) is 19.1 Å². The van der Waals surface area contributed by atoms with E-state index in [1.165, 1.54) is 4.90 Å². The average molecular weight is 301 g/mol. The van der Waals surface area contributed by atoms with Crippen molar-refractivity contribution in [2.75, 3.05) is 25.9 Å². The van der Waals surface area contributed by atoms with Crippen LogP contribution in [0.15, 0.2) is 0 Å². The van der Waals surface area contributed by atoms with Crippen LogP contribution >= 0.6 is 11.8 Å². The lowest BCUT2D eigenvalue weighted by molar-refractivity contribution is -0.142. The number of carboxylic acids is 1. The Morgan fingerprint density at radius 2 is 2.25 bits per heavy atom. The SMILES string of the molecule is CSC1(CNC(=O)N2CCNC(=O)C2CC(=O)O)CC1. The van der Waals surface area contributed by atoms with Crippen molar-refractivity contribution >= 4 is 29.7 Å². The van der Waals surface area contributed by atoms with Crippen LogP contribution in [0.1, 0.15) is 19.3 Å². The van der Waals surface area contributed by atoms with E-state index in [0.717, 1.165) is 12.8 Å². The van der Waals surface area contributed by atoms with E-state index in [4.69, 9.17) is 5.11 Å². The van der Waals surface area contributed by atoms with Crippen molar-refractivity contribution in [3.63, 3.8) is 0 Å². The third-order valence-electron chi connectivity index (χ3n) is 3.76. The summed E-state index contributed by atoms with van der Waals surface area (Å²) in [5.41, 5.74) is 0. The van der Waals surface area contributed by atoms with E-state index in [1.54, 1.807) is 11.8 Å². The largest absolute Gasteiger partial charge is 0.481 e. The van der Waals surface area contributed by atoms with E-state index in [0.29, 0.717) is 19.6 Å². The maximum absolute atomic E-state index is 12.2. The molecule has 1 atom stereocenters. The number of carboxylic acid groups (broad SMARTS) is 1. The van der Waals surface area contributed by atoms with Gasteiger partial charge in [0, 0.05) is 24.4 Å². The Hall–Kier alpha value is -1.44. The number of nitrogens with one attached hydrogen (secondary N) is 2. The van der Waals surface area contributed by atoms with Crippen molar-refractivity contribution in [3.8, 4) is 0 Å². The van der Waals surface area contributed by atoms with Crippen molar-refractivity contribution < 1.29 is 19.5 Å². The number of hydrogen-bond donors (Lipinski definition) is 3. The highest BCUT2D eigenvalue weighted by molar-refractivity contribution is 8.00. The molecule has 2 fully saturated rings. The molecular weight excluding hydrogens is 282 g/mol. The minimum atomic E-state index is -1.09. The number of nitrogens with zero attached hydrogens (tertiary/aromatic N) is 1. The Kier molecular flexibility index (Phi) is 4.42. The first kappa shape index (κ1) is 15.0. The second-order valence-electron chi connectivity index (χ2n) is 5.14. The van der Waals surface area contributed by atoms with E-state index in [9.17, 15) is 14.4 Å². The Balaban J connectivity index is 1.94. The molecule has 7 nitrogen and oxygen atoms in total. The number of rotatable bonds is 5. The summed E-state index contributed by atoms with van der Waals surface area (Å²) in [5.74, 6) is -1.49. The number of thioether (sulfide) groups is 1. The molecule has 0 spiro atoms. The summed E-state index contributed by atoms with van der Waals surface area (Å²) in [6, 6.07) is -1.28. The molecule has 1 saturated carbocycles. The van der Waals surface area contributed by atoms with Crippen LogP contribution in [0.4, 0.5) is 4.79 Å². The molecule has 1 heterocycles. The highest BCUT2D eigenvalue weighted by Gasteiger charge is 2.43. The molecule has 0 bridgehead atoms. The first-order valence-electron chi connectivity index (χ1n) is 6.56. The van der Waals surface area contributed by atoms with Crippen LogP contribution in [0, 0.1) is 0 Å². The van der Waals surface area contributed by atoms with Gasteiger partial charge in [-0.3, -0.25) is 9.59 Å². The number of hydrogen-bond acceptors (Lipinski definition) is 4. The second kappa shape index (κ2) is 5.90. The van der Waals surface area contributed by atoms with Gasteiger partial charge in [-0.15, -0.1) is 0 Å². The van der Waals surface area contributed by atoms with Crippen molar-refractivity contribution in [1.29, 1.82) is 0 Å². The summed E-state index contributed by atoms with van der Waals surface area (Å²) in [5, 5.41) is 14.3. The molecular formula is C12H19N3O4S. The molecule has 0 aromatic heterocycles. The van der Waals surface area contributed by atoms with E-state index in [-0.39, 0.29) is 17.2 Å². The third-order valence-corrected chi connectivity index (χ3v) is 5.18. The Morgan fingerprint density at radius 3 is 2.80 bits per heavy atom. The molecule has 0 aromatic rings. The van der Waals surface area contributed by atoms with Crippen LogP contribution in [0.5, 0.6) is 0 Å². The van der Waals surface area contributed by atoms with Gasteiger partial charge in [0.2, 0.25) is 5.91 Å². The predicted molar refractivity (Wildman–Crippen MR) is 74.6 cm³/mol. The molecule has 20 heavy (non-hydrogen) atoms. The van der Waals surface area contributed by atoms with Gasteiger partial charge in [0.25, 0.3) is 0 Å². The van der Waals surface area contributed by atoms with E-state index in [1.807, 2.05) is 6.26 Å².